The summed E-state index contributed by atoms with van der Waals surface area (Å²) in [6.45, 7) is 5.60. The molecule has 0 aromatic rings. The van der Waals surface area contributed by atoms with E-state index in [0.717, 1.165) is 38.1 Å². The van der Waals surface area contributed by atoms with E-state index in [1.54, 1.807) is 0 Å². The van der Waals surface area contributed by atoms with E-state index in [-0.39, 0.29) is 17.9 Å². The second-order valence-corrected chi connectivity index (χ2v) is 6.40. The molecule has 0 spiro atoms. The van der Waals surface area contributed by atoms with E-state index < -0.39 is 0 Å². The largest absolute Gasteiger partial charge is 0.465 e. The van der Waals surface area contributed by atoms with Crippen LogP contribution in [0.4, 0.5) is 0 Å². The second kappa shape index (κ2) is 7.78. The number of rotatable bonds is 5. The molecular formula is C16H28N2O3. The van der Waals surface area contributed by atoms with Gasteiger partial charge in [-0.25, -0.2) is 0 Å². The maximum Gasteiger partial charge on any atom is 0.323 e. The van der Waals surface area contributed by atoms with E-state index in [1.165, 1.54) is 12.8 Å². The lowest BCUT2D eigenvalue weighted by Crippen LogP contribution is -2.46. The SMILES string of the molecule is CCOC(=O)C1CCCN1CC(=O)NC1CCC(C)CC1. The fourth-order valence-electron chi connectivity index (χ4n) is 3.38. The van der Waals surface area contributed by atoms with Crippen molar-refractivity contribution in [3.63, 3.8) is 0 Å². The van der Waals surface area contributed by atoms with Gasteiger partial charge in [-0.05, 0) is 57.9 Å². The number of nitrogens with one attached hydrogen (secondary N) is 1. The number of nitrogens with zero attached hydrogens (tertiary/aromatic N) is 1. The Morgan fingerprint density at radius 2 is 1.90 bits per heavy atom. The van der Waals surface area contributed by atoms with Crippen LogP contribution in [0.2, 0.25) is 0 Å². The van der Waals surface area contributed by atoms with Crippen molar-refractivity contribution in [3.05, 3.63) is 0 Å². The van der Waals surface area contributed by atoms with Gasteiger partial charge in [0.1, 0.15) is 6.04 Å². The van der Waals surface area contributed by atoms with Crippen molar-refractivity contribution in [2.45, 2.75) is 64.5 Å². The van der Waals surface area contributed by atoms with Crippen LogP contribution in [0.25, 0.3) is 0 Å². The predicted molar refractivity (Wildman–Crippen MR) is 80.8 cm³/mol. The molecule has 1 atom stereocenters. The van der Waals surface area contributed by atoms with Crippen molar-refractivity contribution in [3.8, 4) is 0 Å². The third-order valence-electron chi connectivity index (χ3n) is 4.65. The Morgan fingerprint density at radius 3 is 2.57 bits per heavy atom. The summed E-state index contributed by atoms with van der Waals surface area (Å²) in [5.74, 6) is 0.643. The van der Waals surface area contributed by atoms with Crippen molar-refractivity contribution in [2.75, 3.05) is 19.7 Å². The van der Waals surface area contributed by atoms with Gasteiger partial charge in [-0.15, -0.1) is 0 Å². The predicted octanol–water partition coefficient (Wildman–Crippen LogP) is 1.71. The van der Waals surface area contributed by atoms with E-state index in [4.69, 9.17) is 4.74 Å². The zero-order valence-electron chi connectivity index (χ0n) is 13.3. The van der Waals surface area contributed by atoms with Gasteiger partial charge in [-0.3, -0.25) is 14.5 Å². The monoisotopic (exact) mass is 296 g/mol. The highest BCUT2D eigenvalue weighted by molar-refractivity contribution is 5.81. The summed E-state index contributed by atoms with van der Waals surface area (Å²) in [4.78, 5) is 26.0. The maximum atomic E-state index is 12.2. The van der Waals surface area contributed by atoms with Crippen molar-refractivity contribution in [1.29, 1.82) is 0 Å². The highest BCUT2D eigenvalue weighted by Gasteiger charge is 2.33. The number of esters is 1. The van der Waals surface area contributed by atoms with Crippen molar-refractivity contribution in [1.82, 2.24) is 10.2 Å². The van der Waals surface area contributed by atoms with Gasteiger partial charge in [0.2, 0.25) is 5.91 Å². The minimum Gasteiger partial charge on any atom is -0.465 e. The molecule has 0 aromatic heterocycles. The molecule has 1 unspecified atom stereocenters. The molecule has 1 N–H and O–H groups in total. The fourth-order valence-corrected chi connectivity index (χ4v) is 3.38. The topological polar surface area (TPSA) is 58.6 Å². The highest BCUT2D eigenvalue weighted by Crippen LogP contribution is 2.23. The molecule has 0 radical (unpaired) electrons. The molecule has 1 heterocycles. The Balaban J connectivity index is 1.77. The summed E-state index contributed by atoms with van der Waals surface area (Å²) in [5.41, 5.74) is 0. The summed E-state index contributed by atoms with van der Waals surface area (Å²) < 4.78 is 5.09. The fraction of sp³-hybridized carbons (Fsp3) is 0.875. The van der Waals surface area contributed by atoms with Crippen LogP contribution in [0.3, 0.4) is 0 Å². The van der Waals surface area contributed by atoms with Crippen LogP contribution in [-0.2, 0) is 14.3 Å². The first-order valence-electron chi connectivity index (χ1n) is 8.30. The molecule has 1 aliphatic heterocycles. The van der Waals surface area contributed by atoms with E-state index in [2.05, 4.69) is 12.2 Å². The zero-order chi connectivity index (χ0) is 15.2. The maximum absolute atomic E-state index is 12.2. The Hall–Kier alpha value is -1.10. The molecule has 1 saturated heterocycles. The average molecular weight is 296 g/mol. The molecule has 21 heavy (non-hydrogen) atoms. The minimum atomic E-state index is -0.234. The highest BCUT2D eigenvalue weighted by atomic mass is 16.5. The lowest BCUT2D eigenvalue weighted by Gasteiger charge is -2.28. The van der Waals surface area contributed by atoms with Crippen molar-refractivity contribution >= 4 is 11.9 Å². The van der Waals surface area contributed by atoms with Crippen molar-refractivity contribution in [2.24, 2.45) is 5.92 Å². The number of likely N-dealkylation sites (tertiary alicyclic amines) is 1. The Morgan fingerprint density at radius 1 is 1.19 bits per heavy atom. The molecule has 1 amide bonds. The van der Waals surface area contributed by atoms with Crippen LogP contribution in [0.1, 0.15) is 52.4 Å². The lowest BCUT2D eigenvalue weighted by atomic mass is 9.87. The third kappa shape index (κ3) is 4.70. The summed E-state index contributed by atoms with van der Waals surface area (Å²) in [6, 6.07) is 0.0828. The lowest BCUT2D eigenvalue weighted by molar-refractivity contribution is -0.148. The zero-order valence-corrected chi connectivity index (χ0v) is 13.3. The van der Waals surface area contributed by atoms with Crippen LogP contribution >= 0.6 is 0 Å². The first-order valence-corrected chi connectivity index (χ1v) is 8.30. The number of ether oxygens (including phenoxy) is 1. The smallest absolute Gasteiger partial charge is 0.323 e. The summed E-state index contributed by atoms with van der Waals surface area (Å²) in [6.07, 6.45) is 6.30. The Kier molecular flexibility index (Phi) is 6.03. The standard InChI is InChI=1S/C16H28N2O3/c1-3-21-16(20)14-5-4-10-18(14)11-15(19)17-13-8-6-12(2)7-9-13/h12-14H,3-11H2,1-2H3,(H,17,19). The summed E-state index contributed by atoms with van der Waals surface area (Å²) in [5, 5.41) is 3.13. The van der Waals surface area contributed by atoms with Gasteiger partial charge in [0.05, 0.1) is 13.2 Å². The van der Waals surface area contributed by atoms with Gasteiger partial charge in [0.15, 0.2) is 0 Å². The Bertz CT molecular complexity index is 365. The second-order valence-electron chi connectivity index (χ2n) is 6.40. The number of hydrogen-bond acceptors (Lipinski definition) is 4. The Labute approximate surface area is 127 Å². The quantitative estimate of drug-likeness (QED) is 0.785. The van der Waals surface area contributed by atoms with Crippen molar-refractivity contribution < 1.29 is 14.3 Å². The molecule has 2 fully saturated rings. The first-order chi connectivity index (χ1) is 10.1. The molecule has 120 valence electrons. The summed E-state index contributed by atoms with van der Waals surface area (Å²) >= 11 is 0. The molecule has 1 aliphatic carbocycles. The molecule has 5 heteroatoms. The minimum absolute atomic E-state index is 0.0470. The van der Waals surface area contributed by atoms with Crippen LogP contribution in [0.15, 0.2) is 0 Å². The van der Waals surface area contributed by atoms with Crippen LogP contribution in [-0.4, -0.2) is 48.6 Å². The van der Waals surface area contributed by atoms with E-state index in [1.807, 2.05) is 11.8 Å². The third-order valence-corrected chi connectivity index (χ3v) is 4.65. The normalized spacial score (nSPS) is 30.1. The molecule has 2 rings (SSSR count). The van der Waals surface area contributed by atoms with Gasteiger partial charge < -0.3 is 10.1 Å². The van der Waals surface area contributed by atoms with Crippen LogP contribution in [0, 0.1) is 5.92 Å². The number of carbonyl (C=O) groups is 2. The van der Waals surface area contributed by atoms with Gasteiger partial charge in [-0.1, -0.05) is 6.92 Å². The number of hydrogen-bond donors (Lipinski definition) is 1. The molecule has 5 nitrogen and oxygen atoms in total. The van der Waals surface area contributed by atoms with Gasteiger partial charge in [0, 0.05) is 6.04 Å². The van der Waals surface area contributed by atoms with E-state index in [0.29, 0.717) is 19.2 Å². The molecule has 2 aliphatic rings. The van der Waals surface area contributed by atoms with Gasteiger partial charge in [0.25, 0.3) is 0 Å². The number of amides is 1. The number of carbonyl (C=O) groups excluding carboxylic acids is 2. The molecule has 0 aromatic carbocycles. The van der Waals surface area contributed by atoms with Gasteiger partial charge in [-0.2, -0.15) is 0 Å². The summed E-state index contributed by atoms with van der Waals surface area (Å²) in [7, 11) is 0. The van der Waals surface area contributed by atoms with E-state index >= 15 is 0 Å². The van der Waals surface area contributed by atoms with Gasteiger partial charge >= 0.3 is 5.97 Å². The van der Waals surface area contributed by atoms with Crippen LogP contribution < -0.4 is 5.32 Å². The molecule has 0 bridgehead atoms. The van der Waals surface area contributed by atoms with Crippen LogP contribution in [0.5, 0.6) is 0 Å². The molecule has 1 saturated carbocycles. The average Bonchev–Trinajstić information content (AvgIpc) is 2.90. The molecular weight excluding hydrogens is 268 g/mol. The first kappa shape index (κ1) is 16.3. The van der Waals surface area contributed by atoms with E-state index in [9.17, 15) is 9.59 Å².